The number of allylic oxidation sites excluding steroid dienone is 2. The van der Waals surface area contributed by atoms with Gasteiger partial charge in [-0.1, -0.05) is 35.9 Å². The molecule has 6 heteroatoms. The van der Waals surface area contributed by atoms with Crippen molar-refractivity contribution < 1.29 is 14.4 Å². The van der Waals surface area contributed by atoms with E-state index >= 15 is 0 Å². The molecule has 0 aromatic heterocycles. The molecule has 1 saturated heterocycles. The van der Waals surface area contributed by atoms with Crippen molar-refractivity contribution in [2.24, 2.45) is 35.5 Å². The number of halogens is 1. The summed E-state index contributed by atoms with van der Waals surface area (Å²) in [5.41, 5.74) is 1.43. The van der Waals surface area contributed by atoms with Crippen LogP contribution in [0.5, 0.6) is 0 Å². The SMILES string of the molecule is O=C(Nc1cccc(Cl)c1)c1cccc(N2C(=O)[C@H]3[C@@H]4C=C[C@@H]([C@H]5C[C@H]45)[C@@H]3C2=O)c1. The lowest BCUT2D eigenvalue weighted by Crippen LogP contribution is -2.40. The maximum Gasteiger partial charge on any atom is 0.255 e. The molecule has 4 aliphatic carbocycles. The smallest absolute Gasteiger partial charge is 0.255 e. The first kappa shape index (κ1) is 17.9. The Morgan fingerprint density at radius 3 is 2.27 bits per heavy atom. The predicted octanol–water partition coefficient (Wildman–Crippen LogP) is 4.15. The van der Waals surface area contributed by atoms with Crippen LogP contribution in [0.2, 0.25) is 5.02 Å². The molecule has 7 rings (SSSR count). The molecule has 5 aliphatic rings. The van der Waals surface area contributed by atoms with Crippen molar-refractivity contribution in [1.29, 1.82) is 0 Å². The number of imide groups is 1. The molecule has 0 spiro atoms. The predicted molar refractivity (Wildman–Crippen MR) is 113 cm³/mol. The van der Waals surface area contributed by atoms with Crippen molar-refractivity contribution in [3.8, 4) is 0 Å². The van der Waals surface area contributed by atoms with E-state index in [2.05, 4.69) is 17.5 Å². The number of amides is 3. The molecule has 3 amide bonds. The van der Waals surface area contributed by atoms with Crippen LogP contribution in [0.1, 0.15) is 16.8 Å². The van der Waals surface area contributed by atoms with Gasteiger partial charge in [-0.25, -0.2) is 4.90 Å². The fourth-order valence-electron chi connectivity index (χ4n) is 5.77. The minimum Gasteiger partial charge on any atom is -0.322 e. The molecule has 150 valence electrons. The lowest BCUT2D eigenvalue weighted by Gasteiger charge is -2.37. The lowest BCUT2D eigenvalue weighted by atomic mass is 9.63. The molecule has 2 bridgehead atoms. The molecular formula is C24H19ClN2O3. The summed E-state index contributed by atoms with van der Waals surface area (Å²) in [7, 11) is 0. The Hall–Kier alpha value is -2.92. The number of benzene rings is 2. The van der Waals surface area contributed by atoms with Gasteiger partial charge in [-0.2, -0.15) is 0 Å². The molecule has 5 nitrogen and oxygen atoms in total. The summed E-state index contributed by atoms with van der Waals surface area (Å²) in [4.78, 5) is 40.6. The maximum atomic E-state index is 13.3. The van der Waals surface area contributed by atoms with Gasteiger partial charge in [0.1, 0.15) is 0 Å². The van der Waals surface area contributed by atoms with Gasteiger partial charge in [-0.3, -0.25) is 14.4 Å². The largest absolute Gasteiger partial charge is 0.322 e. The van der Waals surface area contributed by atoms with Crippen molar-refractivity contribution in [3.63, 3.8) is 0 Å². The van der Waals surface area contributed by atoms with Gasteiger partial charge in [-0.15, -0.1) is 0 Å². The molecule has 1 heterocycles. The van der Waals surface area contributed by atoms with Crippen LogP contribution in [-0.2, 0) is 9.59 Å². The van der Waals surface area contributed by atoms with E-state index in [9.17, 15) is 14.4 Å². The van der Waals surface area contributed by atoms with Gasteiger partial charge in [-0.05, 0) is 66.5 Å². The van der Waals surface area contributed by atoms with Crippen LogP contribution in [0, 0.1) is 35.5 Å². The summed E-state index contributed by atoms with van der Waals surface area (Å²) in [5.74, 6) is 0.422. The zero-order valence-corrected chi connectivity index (χ0v) is 16.8. The zero-order valence-electron chi connectivity index (χ0n) is 16.0. The third-order valence-corrected chi connectivity index (χ3v) is 7.35. The van der Waals surface area contributed by atoms with E-state index < -0.39 is 0 Å². The highest BCUT2D eigenvalue weighted by atomic mass is 35.5. The molecular weight excluding hydrogens is 400 g/mol. The van der Waals surface area contributed by atoms with E-state index in [1.54, 1.807) is 48.5 Å². The molecule has 6 atom stereocenters. The van der Waals surface area contributed by atoms with Crippen LogP contribution in [0.25, 0.3) is 0 Å². The topological polar surface area (TPSA) is 66.5 Å². The number of nitrogens with zero attached hydrogens (tertiary/aromatic N) is 1. The zero-order chi connectivity index (χ0) is 20.6. The van der Waals surface area contributed by atoms with Gasteiger partial charge in [0.05, 0.1) is 17.5 Å². The number of rotatable bonds is 3. The molecule has 2 aromatic carbocycles. The summed E-state index contributed by atoms with van der Waals surface area (Å²) in [6.45, 7) is 0. The third kappa shape index (κ3) is 2.51. The first-order valence-electron chi connectivity index (χ1n) is 10.3. The van der Waals surface area contributed by atoms with Crippen LogP contribution < -0.4 is 10.2 Å². The van der Waals surface area contributed by atoms with E-state index in [0.29, 0.717) is 33.8 Å². The van der Waals surface area contributed by atoms with Gasteiger partial charge < -0.3 is 5.32 Å². The second kappa shape index (κ2) is 6.29. The van der Waals surface area contributed by atoms with Crippen molar-refractivity contribution in [2.75, 3.05) is 10.2 Å². The second-order valence-electron chi connectivity index (χ2n) is 8.68. The molecule has 0 unspecified atom stereocenters. The first-order chi connectivity index (χ1) is 14.5. The fourth-order valence-corrected chi connectivity index (χ4v) is 5.96. The molecule has 0 radical (unpaired) electrons. The van der Waals surface area contributed by atoms with Crippen LogP contribution in [0.15, 0.2) is 60.7 Å². The Labute approximate surface area is 178 Å². The highest BCUT2D eigenvalue weighted by molar-refractivity contribution is 6.31. The van der Waals surface area contributed by atoms with Crippen LogP contribution in [0.3, 0.4) is 0 Å². The van der Waals surface area contributed by atoms with E-state index in [1.165, 1.54) is 4.90 Å². The maximum absolute atomic E-state index is 13.3. The van der Waals surface area contributed by atoms with E-state index in [0.717, 1.165) is 6.42 Å². The quantitative estimate of drug-likeness (QED) is 0.601. The molecule has 1 N–H and O–H groups in total. The van der Waals surface area contributed by atoms with Gasteiger partial charge in [0.15, 0.2) is 0 Å². The van der Waals surface area contributed by atoms with Crippen molar-refractivity contribution in [1.82, 2.24) is 0 Å². The van der Waals surface area contributed by atoms with Gasteiger partial charge >= 0.3 is 0 Å². The average molecular weight is 419 g/mol. The third-order valence-electron chi connectivity index (χ3n) is 7.11. The molecule has 3 fully saturated rings. The summed E-state index contributed by atoms with van der Waals surface area (Å²) in [6.07, 6.45) is 5.45. The normalized spacial score (nSPS) is 32.8. The van der Waals surface area contributed by atoms with Crippen LogP contribution >= 0.6 is 11.6 Å². The minimum absolute atomic E-state index is 0.123. The van der Waals surface area contributed by atoms with Gasteiger partial charge in [0, 0.05) is 16.3 Å². The molecule has 2 aromatic rings. The van der Waals surface area contributed by atoms with E-state index in [4.69, 9.17) is 11.6 Å². The molecule has 30 heavy (non-hydrogen) atoms. The number of anilines is 2. The Kier molecular flexibility index (Phi) is 3.75. The Morgan fingerprint density at radius 1 is 0.933 bits per heavy atom. The Balaban J connectivity index is 1.29. The summed E-state index contributed by atoms with van der Waals surface area (Å²) < 4.78 is 0. The second-order valence-corrected chi connectivity index (χ2v) is 9.12. The number of carbonyl (C=O) groups excluding carboxylic acids is 3. The van der Waals surface area contributed by atoms with Crippen molar-refractivity contribution in [3.05, 3.63) is 71.3 Å². The van der Waals surface area contributed by atoms with Crippen LogP contribution in [-0.4, -0.2) is 17.7 Å². The first-order valence-corrected chi connectivity index (χ1v) is 10.6. The summed E-state index contributed by atoms with van der Waals surface area (Å²) >= 11 is 5.98. The Morgan fingerprint density at radius 2 is 1.60 bits per heavy atom. The number of carbonyl (C=O) groups is 3. The molecule has 1 aliphatic heterocycles. The average Bonchev–Trinajstić information content (AvgIpc) is 3.52. The van der Waals surface area contributed by atoms with E-state index in [1.807, 2.05) is 0 Å². The monoisotopic (exact) mass is 418 g/mol. The number of hydrogen-bond acceptors (Lipinski definition) is 3. The van der Waals surface area contributed by atoms with Crippen LogP contribution in [0.4, 0.5) is 11.4 Å². The highest BCUT2D eigenvalue weighted by Gasteiger charge is 2.67. The standard InChI is InChI=1S/C24H19ClN2O3/c25-13-4-2-5-14(10-13)26-22(28)12-3-1-6-15(9-12)27-23(29)20-16-7-8-17(19-11-18(16)19)21(20)24(27)30/h1-10,16-21H,11H2,(H,26,28)/t16-,17+,18-,19-,20+,21+/m1/s1. The lowest BCUT2D eigenvalue weighted by molar-refractivity contribution is -0.124. The van der Waals surface area contributed by atoms with Gasteiger partial charge in [0.2, 0.25) is 11.8 Å². The minimum atomic E-state index is -0.321. The van der Waals surface area contributed by atoms with Gasteiger partial charge in [0.25, 0.3) is 5.91 Å². The number of hydrogen-bond donors (Lipinski definition) is 1. The summed E-state index contributed by atoms with van der Waals surface area (Å²) in [5, 5.41) is 3.33. The van der Waals surface area contributed by atoms with Crippen molar-refractivity contribution >= 4 is 40.7 Å². The highest BCUT2D eigenvalue weighted by Crippen LogP contribution is 2.65. The van der Waals surface area contributed by atoms with E-state index in [-0.39, 0.29) is 41.4 Å². The number of nitrogens with one attached hydrogen (secondary N) is 1. The fraction of sp³-hybridized carbons (Fsp3) is 0.292. The Bertz CT molecular complexity index is 1110. The summed E-state index contributed by atoms with van der Waals surface area (Å²) in [6, 6.07) is 13.6. The van der Waals surface area contributed by atoms with Crippen molar-refractivity contribution in [2.45, 2.75) is 6.42 Å². The molecule has 2 saturated carbocycles.